The van der Waals surface area contributed by atoms with Crippen molar-refractivity contribution in [1.82, 2.24) is 0 Å². The summed E-state index contributed by atoms with van der Waals surface area (Å²) in [6.07, 6.45) is 0. The summed E-state index contributed by atoms with van der Waals surface area (Å²) in [7, 11) is 0. The van der Waals surface area contributed by atoms with Gasteiger partial charge in [-0.1, -0.05) is 30.3 Å². The molecule has 88 valence electrons. The van der Waals surface area contributed by atoms with Crippen LogP contribution in [0.15, 0.2) is 42.5 Å². The van der Waals surface area contributed by atoms with Crippen LogP contribution < -0.4 is 11.5 Å². The monoisotopic (exact) mass is 226 g/mol. The summed E-state index contributed by atoms with van der Waals surface area (Å²) < 4.78 is 0. The van der Waals surface area contributed by atoms with Crippen molar-refractivity contribution in [2.45, 2.75) is 19.9 Å². The highest BCUT2D eigenvalue weighted by Gasteiger charge is 2.09. The fraction of sp³-hybridized carbons (Fsp3) is 0.200. The zero-order valence-corrected chi connectivity index (χ0v) is 10.3. The van der Waals surface area contributed by atoms with Gasteiger partial charge in [-0.15, -0.1) is 0 Å². The van der Waals surface area contributed by atoms with E-state index in [4.69, 9.17) is 11.5 Å². The highest BCUT2D eigenvalue weighted by atomic mass is 14.6. The molecule has 2 aromatic carbocycles. The van der Waals surface area contributed by atoms with Gasteiger partial charge >= 0.3 is 0 Å². The molecule has 2 nitrogen and oxygen atoms in total. The van der Waals surface area contributed by atoms with Crippen molar-refractivity contribution in [2.24, 2.45) is 5.73 Å². The van der Waals surface area contributed by atoms with E-state index in [-0.39, 0.29) is 6.04 Å². The zero-order valence-electron chi connectivity index (χ0n) is 10.3. The maximum atomic E-state index is 6.25. The van der Waals surface area contributed by atoms with Crippen molar-refractivity contribution in [3.63, 3.8) is 0 Å². The van der Waals surface area contributed by atoms with Gasteiger partial charge in [-0.25, -0.2) is 0 Å². The molecular formula is C15H18N2. The molecule has 0 fully saturated rings. The molecule has 17 heavy (non-hydrogen) atoms. The SMILES string of the molecule is Cc1ccc(C(N)c2cccc(N)c2)cc1C. The van der Waals surface area contributed by atoms with Gasteiger partial charge in [0.15, 0.2) is 0 Å². The summed E-state index contributed by atoms with van der Waals surface area (Å²) in [5.41, 5.74) is 17.5. The first-order valence-electron chi connectivity index (χ1n) is 5.76. The third-order valence-electron chi connectivity index (χ3n) is 3.16. The highest BCUT2D eigenvalue weighted by Crippen LogP contribution is 2.23. The molecule has 0 aliphatic rings. The van der Waals surface area contributed by atoms with E-state index < -0.39 is 0 Å². The fourth-order valence-corrected chi connectivity index (χ4v) is 1.90. The molecule has 4 N–H and O–H groups in total. The molecule has 0 spiro atoms. The van der Waals surface area contributed by atoms with Crippen LogP contribution in [0, 0.1) is 13.8 Å². The van der Waals surface area contributed by atoms with Crippen LogP contribution in [-0.2, 0) is 0 Å². The molecule has 2 aromatic rings. The Hall–Kier alpha value is -1.80. The van der Waals surface area contributed by atoms with Crippen LogP contribution in [-0.4, -0.2) is 0 Å². The van der Waals surface area contributed by atoms with E-state index >= 15 is 0 Å². The first kappa shape index (κ1) is 11.7. The number of nitrogens with two attached hydrogens (primary N) is 2. The number of hydrogen-bond acceptors (Lipinski definition) is 2. The van der Waals surface area contributed by atoms with Gasteiger partial charge in [0.1, 0.15) is 0 Å². The Morgan fingerprint density at radius 2 is 1.59 bits per heavy atom. The van der Waals surface area contributed by atoms with Crippen LogP contribution in [0.25, 0.3) is 0 Å². The standard InChI is InChI=1S/C15H18N2/c1-10-6-7-13(8-11(10)2)15(17)12-4-3-5-14(16)9-12/h3-9,15H,16-17H2,1-2H3. The molecule has 1 unspecified atom stereocenters. The number of aryl methyl sites for hydroxylation is 2. The van der Waals surface area contributed by atoms with E-state index in [1.807, 2.05) is 24.3 Å². The lowest BCUT2D eigenvalue weighted by molar-refractivity contribution is 0.869. The number of benzene rings is 2. The Morgan fingerprint density at radius 3 is 2.24 bits per heavy atom. The van der Waals surface area contributed by atoms with E-state index in [2.05, 4.69) is 32.0 Å². The van der Waals surface area contributed by atoms with Gasteiger partial charge in [0.05, 0.1) is 6.04 Å². The lowest BCUT2D eigenvalue weighted by Crippen LogP contribution is -2.12. The smallest absolute Gasteiger partial charge is 0.0552 e. The second kappa shape index (κ2) is 4.60. The topological polar surface area (TPSA) is 52.0 Å². The maximum Gasteiger partial charge on any atom is 0.0552 e. The molecule has 0 saturated carbocycles. The zero-order chi connectivity index (χ0) is 12.4. The molecular weight excluding hydrogens is 208 g/mol. The van der Waals surface area contributed by atoms with Crippen molar-refractivity contribution in [3.8, 4) is 0 Å². The Bertz CT molecular complexity index is 532. The maximum absolute atomic E-state index is 6.25. The predicted molar refractivity (Wildman–Crippen MR) is 72.8 cm³/mol. The molecule has 0 aliphatic heterocycles. The molecule has 0 heterocycles. The summed E-state index contributed by atoms with van der Waals surface area (Å²) in [5.74, 6) is 0. The van der Waals surface area contributed by atoms with E-state index in [0.717, 1.165) is 16.8 Å². The van der Waals surface area contributed by atoms with Gasteiger partial charge in [-0.05, 0) is 48.2 Å². The summed E-state index contributed by atoms with van der Waals surface area (Å²) in [6, 6.07) is 14.0. The van der Waals surface area contributed by atoms with Gasteiger partial charge < -0.3 is 11.5 Å². The summed E-state index contributed by atoms with van der Waals surface area (Å²) >= 11 is 0. The van der Waals surface area contributed by atoms with E-state index in [1.165, 1.54) is 11.1 Å². The van der Waals surface area contributed by atoms with Gasteiger partial charge in [0, 0.05) is 5.69 Å². The molecule has 0 bridgehead atoms. The average Bonchev–Trinajstić information content (AvgIpc) is 2.32. The lowest BCUT2D eigenvalue weighted by atomic mass is 9.96. The van der Waals surface area contributed by atoms with Gasteiger partial charge in [0.25, 0.3) is 0 Å². The van der Waals surface area contributed by atoms with Crippen LogP contribution in [0.4, 0.5) is 5.69 Å². The van der Waals surface area contributed by atoms with Crippen molar-refractivity contribution in [2.75, 3.05) is 5.73 Å². The van der Waals surface area contributed by atoms with Crippen LogP contribution >= 0.6 is 0 Å². The van der Waals surface area contributed by atoms with Gasteiger partial charge in [-0.2, -0.15) is 0 Å². The Labute approximate surface area is 102 Å². The van der Waals surface area contributed by atoms with Crippen LogP contribution in [0.2, 0.25) is 0 Å². The third-order valence-corrected chi connectivity index (χ3v) is 3.16. The van der Waals surface area contributed by atoms with Crippen LogP contribution in [0.5, 0.6) is 0 Å². The van der Waals surface area contributed by atoms with Crippen LogP contribution in [0.1, 0.15) is 28.3 Å². The quantitative estimate of drug-likeness (QED) is 0.773. The molecule has 0 aromatic heterocycles. The summed E-state index contributed by atoms with van der Waals surface area (Å²) in [4.78, 5) is 0. The van der Waals surface area contributed by atoms with E-state index in [9.17, 15) is 0 Å². The Balaban J connectivity index is 2.36. The molecule has 0 radical (unpaired) electrons. The third kappa shape index (κ3) is 2.48. The lowest BCUT2D eigenvalue weighted by Gasteiger charge is -2.14. The van der Waals surface area contributed by atoms with E-state index in [1.54, 1.807) is 0 Å². The minimum atomic E-state index is -0.113. The second-order valence-corrected chi connectivity index (χ2v) is 4.49. The van der Waals surface area contributed by atoms with Gasteiger partial charge in [0.2, 0.25) is 0 Å². The molecule has 0 aliphatic carbocycles. The normalized spacial score (nSPS) is 12.4. The second-order valence-electron chi connectivity index (χ2n) is 4.49. The van der Waals surface area contributed by atoms with Crippen molar-refractivity contribution >= 4 is 5.69 Å². The number of anilines is 1. The fourth-order valence-electron chi connectivity index (χ4n) is 1.90. The minimum Gasteiger partial charge on any atom is -0.399 e. The highest BCUT2D eigenvalue weighted by molar-refractivity contribution is 5.45. The summed E-state index contributed by atoms with van der Waals surface area (Å²) in [6.45, 7) is 4.20. The van der Waals surface area contributed by atoms with E-state index in [0.29, 0.717) is 0 Å². The molecule has 0 amide bonds. The molecule has 2 heteroatoms. The first-order chi connectivity index (χ1) is 8.08. The molecule has 0 saturated heterocycles. The van der Waals surface area contributed by atoms with Crippen molar-refractivity contribution in [1.29, 1.82) is 0 Å². The predicted octanol–water partition coefficient (Wildman–Crippen LogP) is 2.93. The Morgan fingerprint density at radius 1 is 0.882 bits per heavy atom. The number of rotatable bonds is 2. The summed E-state index contributed by atoms with van der Waals surface area (Å²) in [5, 5.41) is 0. The van der Waals surface area contributed by atoms with Crippen molar-refractivity contribution in [3.05, 3.63) is 64.7 Å². The largest absolute Gasteiger partial charge is 0.399 e. The van der Waals surface area contributed by atoms with Gasteiger partial charge in [-0.3, -0.25) is 0 Å². The van der Waals surface area contributed by atoms with Crippen LogP contribution in [0.3, 0.4) is 0 Å². The average molecular weight is 226 g/mol. The molecule has 1 atom stereocenters. The molecule has 2 rings (SSSR count). The van der Waals surface area contributed by atoms with Crippen molar-refractivity contribution < 1.29 is 0 Å². The minimum absolute atomic E-state index is 0.113. The number of nitrogen functional groups attached to an aromatic ring is 1. The number of hydrogen-bond donors (Lipinski definition) is 2. The first-order valence-corrected chi connectivity index (χ1v) is 5.76. The Kier molecular flexibility index (Phi) is 3.16.